The van der Waals surface area contributed by atoms with Gasteiger partial charge in [0.25, 0.3) is 0 Å². The van der Waals surface area contributed by atoms with E-state index in [1.54, 1.807) is 11.3 Å². The third-order valence-corrected chi connectivity index (χ3v) is 3.55. The molecule has 2 rings (SSSR count). The number of ether oxygens (including phenoxy) is 1. The van der Waals surface area contributed by atoms with Crippen molar-refractivity contribution in [1.29, 1.82) is 0 Å². The molecule has 0 spiro atoms. The van der Waals surface area contributed by atoms with E-state index in [9.17, 15) is 0 Å². The number of aromatic nitrogens is 1. The van der Waals surface area contributed by atoms with Crippen molar-refractivity contribution in [2.75, 3.05) is 13.2 Å². The third kappa shape index (κ3) is 3.82. The first kappa shape index (κ1) is 13.1. The van der Waals surface area contributed by atoms with E-state index in [1.165, 1.54) is 0 Å². The van der Waals surface area contributed by atoms with E-state index < -0.39 is 0 Å². The van der Waals surface area contributed by atoms with Crippen LogP contribution in [0.3, 0.4) is 0 Å². The predicted molar refractivity (Wildman–Crippen MR) is 75.1 cm³/mol. The normalized spacial score (nSPS) is 12.3. The number of nitrogens with zero attached hydrogens (tertiary/aromatic N) is 1. The highest BCUT2D eigenvalue weighted by molar-refractivity contribution is 7.09. The van der Waals surface area contributed by atoms with Crippen LogP contribution < -0.4 is 10.1 Å². The Morgan fingerprint density at radius 2 is 2.17 bits per heavy atom. The van der Waals surface area contributed by atoms with Crippen LogP contribution in [0.5, 0.6) is 5.75 Å². The predicted octanol–water partition coefficient (Wildman–Crippen LogP) is 3.26. The van der Waals surface area contributed by atoms with Gasteiger partial charge >= 0.3 is 0 Å². The highest BCUT2D eigenvalue weighted by atomic mass is 32.1. The lowest BCUT2D eigenvalue weighted by molar-refractivity contribution is 0.304. The van der Waals surface area contributed by atoms with Gasteiger partial charge in [-0.1, -0.05) is 25.1 Å². The van der Waals surface area contributed by atoms with Crippen molar-refractivity contribution in [2.45, 2.75) is 19.4 Å². The number of rotatable bonds is 7. The van der Waals surface area contributed by atoms with Crippen molar-refractivity contribution in [3.63, 3.8) is 0 Å². The summed E-state index contributed by atoms with van der Waals surface area (Å²) in [4.78, 5) is 4.34. The third-order valence-electron chi connectivity index (χ3n) is 2.66. The van der Waals surface area contributed by atoms with E-state index in [1.807, 2.05) is 41.9 Å². The summed E-state index contributed by atoms with van der Waals surface area (Å²) in [5.74, 6) is 0.918. The largest absolute Gasteiger partial charge is 0.492 e. The number of hydrogen-bond donors (Lipinski definition) is 1. The molecule has 18 heavy (non-hydrogen) atoms. The Kier molecular flexibility index (Phi) is 5.17. The highest BCUT2D eigenvalue weighted by Crippen LogP contribution is 2.18. The van der Waals surface area contributed by atoms with Crippen molar-refractivity contribution in [3.05, 3.63) is 46.9 Å². The molecule has 2 aromatic rings. The van der Waals surface area contributed by atoms with Crippen LogP contribution in [0.4, 0.5) is 0 Å². The summed E-state index contributed by atoms with van der Waals surface area (Å²) < 4.78 is 5.64. The van der Waals surface area contributed by atoms with Gasteiger partial charge in [-0.05, 0) is 18.6 Å². The van der Waals surface area contributed by atoms with Gasteiger partial charge in [-0.2, -0.15) is 0 Å². The molecule has 0 aliphatic heterocycles. The maximum atomic E-state index is 5.64. The molecule has 0 amide bonds. The zero-order valence-corrected chi connectivity index (χ0v) is 11.3. The smallest absolute Gasteiger partial charge is 0.119 e. The summed E-state index contributed by atoms with van der Waals surface area (Å²) in [6, 6.07) is 10.2. The molecule has 96 valence electrons. The Morgan fingerprint density at radius 3 is 2.83 bits per heavy atom. The molecular formula is C14H18N2OS. The minimum atomic E-state index is 0.337. The van der Waals surface area contributed by atoms with Crippen molar-refractivity contribution in [2.24, 2.45) is 0 Å². The molecule has 0 bridgehead atoms. The van der Waals surface area contributed by atoms with Gasteiger partial charge in [0.2, 0.25) is 0 Å². The molecule has 0 radical (unpaired) electrons. The van der Waals surface area contributed by atoms with Crippen molar-refractivity contribution in [3.8, 4) is 5.75 Å². The van der Waals surface area contributed by atoms with Gasteiger partial charge in [-0.3, -0.25) is 0 Å². The molecule has 3 nitrogen and oxygen atoms in total. The van der Waals surface area contributed by atoms with E-state index in [2.05, 4.69) is 17.2 Å². The number of hydrogen-bond acceptors (Lipinski definition) is 4. The fraction of sp³-hybridized carbons (Fsp3) is 0.357. The lowest BCUT2D eigenvalue weighted by Crippen LogP contribution is -2.25. The lowest BCUT2D eigenvalue weighted by Gasteiger charge is -2.14. The molecule has 1 aromatic carbocycles. The molecule has 1 N–H and O–H groups in total. The Morgan fingerprint density at radius 1 is 1.33 bits per heavy atom. The van der Waals surface area contributed by atoms with Crippen molar-refractivity contribution < 1.29 is 4.74 Å². The SMILES string of the molecule is CCC(NCCOc1ccccc1)c1nccs1. The van der Waals surface area contributed by atoms with E-state index in [4.69, 9.17) is 4.74 Å². The van der Waals surface area contributed by atoms with E-state index in [0.717, 1.165) is 23.7 Å². The maximum absolute atomic E-state index is 5.64. The Balaban J connectivity index is 1.71. The highest BCUT2D eigenvalue weighted by Gasteiger charge is 2.10. The number of benzene rings is 1. The monoisotopic (exact) mass is 262 g/mol. The maximum Gasteiger partial charge on any atom is 0.119 e. The summed E-state index contributed by atoms with van der Waals surface area (Å²) in [5, 5.41) is 6.63. The number of para-hydroxylation sites is 1. The zero-order chi connectivity index (χ0) is 12.6. The second kappa shape index (κ2) is 7.13. The summed E-state index contributed by atoms with van der Waals surface area (Å²) in [5.41, 5.74) is 0. The molecule has 0 fully saturated rings. The molecular weight excluding hydrogens is 244 g/mol. The molecule has 0 saturated heterocycles. The second-order valence-electron chi connectivity index (χ2n) is 3.95. The van der Waals surface area contributed by atoms with Gasteiger partial charge < -0.3 is 10.1 Å². The summed E-state index contributed by atoms with van der Waals surface area (Å²) >= 11 is 1.70. The van der Waals surface area contributed by atoms with Crippen molar-refractivity contribution >= 4 is 11.3 Å². The van der Waals surface area contributed by atoms with Crippen LogP contribution in [0.25, 0.3) is 0 Å². The first-order valence-corrected chi connectivity index (χ1v) is 7.08. The van der Waals surface area contributed by atoms with Crippen LogP contribution in [-0.2, 0) is 0 Å². The van der Waals surface area contributed by atoms with Crippen LogP contribution in [0.15, 0.2) is 41.9 Å². The van der Waals surface area contributed by atoms with Gasteiger partial charge in [0, 0.05) is 18.1 Å². The molecule has 4 heteroatoms. The second-order valence-corrected chi connectivity index (χ2v) is 4.87. The fourth-order valence-electron chi connectivity index (χ4n) is 1.73. The van der Waals surface area contributed by atoms with Crippen LogP contribution in [0.2, 0.25) is 0 Å². The molecule has 0 saturated carbocycles. The Hall–Kier alpha value is -1.39. The molecule has 1 aromatic heterocycles. The average molecular weight is 262 g/mol. The van der Waals surface area contributed by atoms with Gasteiger partial charge in [-0.25, -0.2) is 4.98 Å². The van der Waals surface area contributed by atoms with Gasteiger partial charge in [0.05, 0.1) is 6.04 Å². The van der Waals surface area contributed by atoms with Crippen LogP contribution in [0.1, 0.15) is 24.4 Å². The Bertz CT molecular complexity index is 430. The van der Waals surface area contributed by atoms with Crippen LogP contribution in [-0.4, -0.2) is 18.1 Å². The molecule has 1 unspecified atom stereocenters. The van der Waals surface area contributed by atoms with Crippen LogP contribution in [0, 0.1) is 0 Å². The van der Waals surface area contributed by atoms with Crippen molar-refractivity contribution in [1.82, 2.24) is 10.3 Å². The van der Waals surface area contributed by atoms with Gasteiger partial charge in [0.1, 0.15) is 17.4 Å². The topological polar surface area (TPSA) is 34.1 Å². The minimum Gasteiger partial charge on any atom is -0.492 e. The molecule has 0 aliphatic rings. The quantitative estimate of drug-likeness (QED) is 0.778. The summed E-state index contributed by atoms with van der Waals surface area (Å²) in [6.07, 6.45) is 2.89. The van der Waals surface area contributed by atoms with E-state index in [-0.39, 0.29) is 0 Å². The molecule has 0 aliphatic carbocycles. The number of nitrogens with one attached hydrogen (secondary N) is 1. The Labute approximate surface area is 112 Å². The average Bonchev–Trinajstić information content (AvgIpc) is 2.94. The first-order chi connectivity index (χ1) is 8.90. The van der Waals surface area contributed by atoms with Gasteiger partial charge in [0.15, 0.2) is 0 Å². The van der Waals surface area contributed by atoms with E-state index >= 15 is 0 Å². The fourth-order valence-corrected chi connectivity index (χ4v) is 2.53. The summed E-state index contributed by atoms with van der Waals surface area (Å²) in [6.45, 7) is 3.66. The lowest BCUT2D eigenvalue weighted by atomic mass is 10.2. The zero-order valence-electron chi connectivity index (χ0n) is 10.5. The van der Waals surface area contributed by atoms with E-state index in [0.29, 0.717) is 12.6 Å². The minimum absolute atomic E-state index is 0.337. The standard InChI is InChI=1S/C14H18N2OS/c1-2-13(14-16-9-11-18-14)15-8-10-17-12-6-4-3-5-7-12/h3-7,9,11,13,15H,2,8,10H2,1H3. The molecule has 1 atom stereocenters. The van der Waals surface area contributed by atoms with Crippen LogP contribution >= 0.6 is 11.3 Å². The molecule has 1 heterocycles. The summed E-state index contributed by atoms with van der Waals surface area (Å²) in [7, 11) is 0. The number of thiazole rings is 1. The van der Waals surface area contributed by atoms with Gasteiger partial charge in [-0.15, -0.1) is 11.3 Å². The first-order valence-electron chi connectivity index (χ1n) is 6.20.